The van der Waals surface area contributed by atoms with Crippen LogP contribution in [0.1, 0.15) is 69.2 Å². The summed E-state index contributed by atoms with van der Waals surface area (Å²) in [4.78, 5) is 0. The third-order valence-electron chi connectivity index (χ3n) is 3.21. The Morgan fingerprint density at radius 1 is 0.588 bits per heavy atom. The third-order valence-corrected chi connectivity index (χ3v) is 6.30. The zero-order valence-corrected chi connectivity index (χ0v) is 14.5. The molecule has 0 amide bonds. The zero-order valence-electron chi connectivity index (χ0n) is 13.7. The highest BCUT2D eigenvalue weighted by atomic mass is 32.2. The van der Waals surface area contributed by atoms with E-state index in [9.17, 15) is 0 Å². The summed E-state index contributed by atoms with van der Waals surface area (Å²) in [6, 6.07) is 0. The Kier molecular flexibility index (Phi) is 6.12. The fourth-order valence-corrected chi connectivity index (χ4v) is 4.64. The molecule has 0 aliphatic rings. The van der Waals surface area contributed by atoms with Crippen molar-refractivity contribution in [1.29, 1.82) is 0 Å². The summed E-state index contributed by atoms with van der Waals surface area (Å²) in [6.45, 7) is 23.7. The number of rotatable bonds is 4. The van der Waals surface area contributed by atoms with Crippen molar-refractivity contribution < 1.29 is 0 Å². The van der Waals surface area contributed by atoms with Crippen LogP contribution in [0, 0.1) is 22.7 Å². The highest BCUT2D eigenvalue weighted by Crippen LogP contribution is 2.45. The van der Waals surface area contributed by atoms with E-state index in [0.29, 0.717) is 10.8 Å². The minimum atomic E-state index is 0.386. The summed E-state index contributed by atoms with van der Waals surface area (Å²) in [7, 11) is 0. The molecule has 0 nitrogen and oxygen atoms in total. The van der Waals surface area contributed by atoms with Crippen molar-refractivity contribution in [3.63, 3.8) is 0 Å². The SMILES string of the molecule is CC(C)C(SC(C(C)C)C(C)(C)C)C(C)(C)C. The van der Waals surface area contributed by atoms with Gasteiger partial charge in [0.2, 0.25) is 0 Å². The summed E-state index contributed by atoms with van der Waals surface area (Å²) in [6.07, 6.45) is 0. The van der Waals surface area contributed by atoms with E-state index in [1.54, 1.807) is 0 Å². The second kappa shape index (κ2) is 5.99. The van der Waals surface area contributed by atoms with E-state index < -0.39 is 0 Å². The molecule has 0 radical (unpaired) electrons. The maximum absolute atomic E-state index is 2.38. The van der Waals surface area contributed by atoms with Crippen LogP contribution in [0.2, 0.25) is 0 Å². The molecule has 0 heterocycles. The minimum absolute atomic E-state index is 0.386. The molecule has 0 aromatic rings. The Hall–Kier alpha value is 0.350. The second-order valence-corrected chi connectivity index (χ2v) is 9.49. The molecule has 0 fully saturated rings. The van der Waals surface area contributed by atoms with Gasteiger partial charge >= 0.3 is 0 Å². The van der Waals surface area contributed by atoms with Gasteiger partial charge in [0.05, 0.1) is 0 Å². The molecule has 0 aliphatic heterocycles. The Morgan fingerprint density at radius 3 is 0.941 bits per heavy atom. The molecule has 104 valence electrons. The van der Waals surface area contributed by atoms with Crippen LogP contribution in [0.3, 0.4) is 0 Å². The molecule has 0 aliphatic carbocycles. The summed E-state index contributed by atoms with van der Waals surface area (Å²) in [5, 5.41) is 1.46. The first-order chi connectivity index (χ1) is 7.37. The smallest absolute Gasteiger partial charge is 0.0122 e. The Balaban J connectivity index is 4.96. The predicted octanol–water partition coefficient (Wildman–Crippen LogP) is 5.86. The molecule has 0 spiro atoms. The van der Waals surface area contributed by atoms with Crippen molar-refractivity contribution in [1.82, 2.24) is 0 Å². The predicted molar refractivity (Wildman–Crippen MR) is 83.8 cm³/mol. The monoisotopic (exact) mass is 258 g/mol. The molecule has 0 saturated carbocycles. The van der Waals surface area contributed by atoms with E-state index in [0.717, 1.165) is 22.3 Å². The van der Waals surface area contributed by atoms with Crippen molar-refractivity contribution in [2.45, 2.75) is 79.7 Å². The molecule has 0 N–H and O–H groups in total. The quantitative estimate of drug-likeness (QED) is 0.608. The van der Waals surface area contributed by atoms with E-state index in [2.05, 4.69) is 81.0 Å². The van der Waals surface area contributed by atoms with Crippen LogP contribution in [-0.4, -0.2) is 10.5 Å². The average molecular weight is 259 g/mol. The van der Waals surface area contributed by atoms with E-state index in [1.807, 2.05) is 0 Å². The Morgan fingerprint density at radius 2 is 0.824 bits per heavy atom. The van der Waals surface area contributed by atoms with Gasteiger partial charge in [-0.3, -0.25) is 0 Å². The number of hydrogen-bond donors (Lipinski definition) is 0. The van der Waals surface area contributed by atoms with Gasteiger partial charge in [0.1, 0.15) is 0 Å². The second-order valence-electron chi connectivity index (χ2n) is 8.20. The van der Waals surface area contributed by atoms with Crippen LogP contribution in [0.25, 0.3) is 0 Å². The molecular weight excluding hydrogens is 224 g/mol. The maximum Gasteiger partial charge on any atom is 0.0122 e. The first-order valence-corrected chi connectivity index (χ1v) is 7.97. The van der Waals surface area contributed by atoms with Gasteiger partial charge in [-0.2, -0.15) is 11.8 Å². The van der Waals surface area contributed by atoms with Crippen LogP contribution in [0.15, 0.2) is 0 Å². The van der Waals surface area contributed by atoms with Gasteiger partial charge < -0.3 is 0 Å². The maximum atomic E-state index is 2.38. The molecule has 0 rings (SSSR count). The lowest BCUT2D eigenvalue weighted by atomic mass is 9.85. The number of hydrogen-bond acceptors (Lipinski definition) is 1. The Bertz CT molecular complexity index is 191. The lowest BCUT2D eigenvalue weighted by Crippen LogP contribution is -2.36. The zero-order chi connectivity index (χ0) is 14.0. The standard InChI is InChI=1S/C16H34S/c1-11(2)13(15(5,6)7)17-14(12(3)4)16(8,9)10/h11-14H,1-10H3. The molecule has 0 aromatic heterocycles. The van der Waals surface area contributed by atoms with Crippen LogP contribution in [-0.2, 0) is 0 Å². The molecule has 0 bridgehead atoms. The molecule has 0 saturated heterocycles. The van der Waals surface area contributed by atoms with Crippen LogP contribution >= 0.6 is 11.8 Å². The first-order valence-electron chi connectivity index (χ1n) is 7.02. The minimum Gasteiger partial charge on any atom is -0.154 e. The van der Waals surface area contributed by atoms with Gasteiger partial charge in [0, 0.05) is 10.5 Å². The van der Waals surface area contributed by atoms with Gasteiger partial charge in [-0.1, -0.05) is 69.2 Å². The summed E-state index contributed by atoms with van der Waals surface area (Å²) in [5.41, 5.74) is 0.772. The largest absolute Gasteiger partial charge is 0.154 e. The topological polar surface area (TPSA) is 0 Å². The van der Waals surface area contributed by atoms with E-state index in [-0.39, 0.29) is 0 Å². The molecule has 2 atom stereocenters. The average Bonchev–Trinajstić information content (AvgIpc) is 1.96. The van der Waals surface area contributed by atoms with Gasteiger partial charge in [0.25, 0.3) is 0 Å². The van der Waals surface area contributed by atoms with Crippen molar-refractivity contribution in [2.75, 3.05) is 0 Å². The molecule has 1 heteroatoms. The van der Waals surface area contributed by atoms with Crippen molar-refractivity contribution in [3.8, 4) is 0 Å². The van der Waals surface area contributed by atoms with Gasteiger partial charge in [-0.15, -0.1) is 0 Å². The van der Waals surface area contributed by atoms with E-state index in [1.165, 1.54) is 0 Å². The third kappa shape index (κ3) is 5.68. The molecule has 0 aromatic carbocycles. The molecule has 2 unspecified atom stereocenters. The van der Waals surface area contributed by atoms with Crippen LogP contribution in [0.5, 0.6) is 0 Å². The Labute approximate surface area is 114 Å². The van der Waals surface area contributed by atoms with Crippen LogP contribution < -0.4 is 0 Å². The van der Waals surface area contributed by atoms with E-state index >= 15 is 0 Å². The van der Waals surface area contributed by atoms with Crippen molar-refractivity contribution in [2.24, 2.45) is 22.7 Å². The molecular formula is C16H34S. The van der Waals surface area contributed by atoms with E-state index in [4.69, 9.17) is 0 Å². The highest BCUT2D eigenvalue weighted by molar-refractivity contribution is 8.00. The van der Waals surface area contributed by atoms with Crippen molar-refractivity contribution in [3.05, 3.63) is 0 Å². The van der Waals surface area contributed by atoms with Crippen LogP contribution in [0.4, 0.5) is 0 Å². The van der Waals surface area contributed by atoms with Gasteiger partial charge in [0.15, 0.2) is 0 Å². The highest BCUT2D eigenvalue weighted by Gasteiger charge is 2.36. The fourth-order valence-electron chi connectivity index (χ4n) is 2.88. The molecule has 17 heavy (non-hydrogen) atoms. The summed E-state index contributed by atoms with van der Waals surface area (Å²) >= 11 is 2.22. The summed E-state index contributed by atoms with van der Waals surface area (Å²) in [5.74, 6) is 1.48. The number of thioether (sulfide) groups is 1. The lowest BCUT2D eigenvalue weighted by Gasteiger charge is -2.42. The normalized spacial score (nSPS) is 17.6. The van der Waals surface area contributed by atoms with Crippen molar-refractivity contribution >= 4 is 11.8 Å². The fraction of sp³-hybridized carbons (Fsp3) is 1.00. The first kappa shape index (κ1) is 17.4. The summed E-state index contributed by atoms with van der Waals surface area (Å²) < 4.78 is 0. The lowest BCUT2D eigenvalue weighted by molar-refractivity contribution is 0.311. The van der Waals surface area contributed by atoms with Gasteiger partial charge in [-0.25, -0.2) is 0 Å². The van der Waals surface area contributed by atoms with Gasteiger partial charge in [-0.05, 0) is 22.7 Å².